The van der Waals surface area contributed by atoms with Gasteiger partial charge in [0.25, 0.3) is 23.0 Å². The molecule has 2 saturated heterocycles. The zero-order chi connectivity index (χ0) is 41.6. The smallest absolute Gasteiger partial charge is 0.290 e. The van der Waals surface area contributed by atoms with Gasteiger partial charge in [0, 0.05) is 42.9 Å². The molecule has 12 heteroatoms. The van der Waals surface area contributed by atoms with Crippen molar-refractivity contribution in [1.29, 1.82) is 0 Å². The summed E-state index contributed by atoms with van der Waals surface area (Å²) >= 11 is 0.806. The molecular weight excluding hydrogens is 771 g/mol. The standard InChI is InChI=1S/C47H42F2N4O5S/c1-29(2)27-52(42(31-11-5-3-6-12-31)32-13-7-4-8-14-32)36-25-35(26-50-44(55)33-19-17-30(18-20-33)23-41-45(56)51-47(58)59-41)53(28-36)46(57)38-16-10-9-15-37(38)43(54)39-22-21-34(48)24-40(39)49/h3-24,29,35-36,42H,25-28H2,1-2H3,(H,50,55)(H,51,56,58)/b41-23-/t35-,36+/m0/s1. The first-order valence-corrected chi connectivity index (χ1v) is 20.2. The lowest BCUT2D eigenvalue weighted by Gasteiger charge is -2.38. The Bertz CT molecular complexity index is 2370. The third-order valence-corrected chi connectivity index (χ3v) is 11.3. The Kier molecular flexibility index (Phi) is 12.6. The largest absolute Gasteiger partial charge is 0.350 e. The van der Waals surface area contributed by atoms with Crippen LogP contribution in [0.2, 0.25) is 0 Å². The van der Waals surface area contributed by atoms with Crippen LogP contribution in [0.15, 0.2) is 132 Å². The van der Waals surface area contributed by atoms with Gasteiger partial charge in [0.15, 0.2) is 5.78 Å². The van der Waals surface area contributed by atoms with E-state index >= 15 is 0 Å². The Morgan fingerprint density at radius 3 is 2.05 bits per heavy atom. The van der Waals surface area contributed by atoms with Crippen molar-refractivity contribution in [1.82, 2.24) is 20.4 Å². The molecule has 59 heavy (non-hydrogen) atoms. The van der Waals surface area contributed by atoms with E-state index in [1.165, 1.54) is 12.1 Å². The molecule has 0 aromatic heterocycles. The van der Waals surface area contributed by atoms with Crippen LogP contribution < -0.4 is 10.6 Å². The summed E-state index contributed by atoms with van der Waals surface area (Å²) in [6.07, 6.45) is 2.06. The number of rotatable bonds is 13. The number of carbonyl (C=O) groups is 5. The van der Waals surface area contributed by atoms with Crippen molar-refractivity contribution < 1.29 is 32.8 Å². The van der Waals surface area contributed by atoms with Gasteiger partial charge >= 0.3 is 0 Å². The Morgan fingerprint density at radius 2 is 1.46 bits per heavy atom. The van der Waals surface area contributed by atoms with E-state index in [4.69, 9.17) is 0 Å². The number of nitrogens with zero attached hydrogens (tertiary/aromatic N) is 2. The Labute approximate surface area is 345 Å². The van der Waals surface area contributed by atoms with Crippen molar-refractivity contribution in [3.63, 3.8) is 0 Å². The SMILES string of the molecule is CC(C)CN(C(c1ccccc1)c1ccccc1)[C@@H]1C[C@@H](CNC(=O)c2ccc(/C=C3\SC(=O)NC3=O)cc2)N(C(=O)c2ccccc2C(=O)c2ccc(F)cc2F)C1. The van der Waals surface area contributed by atoms with Gasteiger partial charge in [-0.1, -0.05) is 105 Å². The number of hydrogen-bond donors (Lipinski definition) is 2. The molecule has 9 nitrogen and oxygen atoms in total. The second-order valence-electron chi connectivity index (χ2n) is 15.0. The minimum absolute atomic E-state index is 0.0207. The Balaban J connectivity index is 1.21. The highest BCUT2D eigenvalue weighted by Crippen LogP contribution is 2.36. The zero-order valence-corrected chi connectivity index (χ0v) is 33.3. The zero-order valence-electron chi connectivity index (χ0n) is 32.4. The molecule has 2 aliphatic rings. The highest BCUT2D eigenvalue weighted by Gasteiger charge is 2.42. The molecule has 2 aliphatic heterocycles. The minimum atomic E-state index is -1.03. The number of hydrogen-bond acceptors (Lipinski definition) is 7. The summed E-state index contributed by atoms with van der Waals surface area (Å²) in [5.41, 5.74) is 2.85. The van der Waals surface area contributed by atoms with Crippen molar-refractivity contribution in [3.8, 4) is 0 Å². The van der Waals surface area contributed by atoms with Gasteiger partial charge < -0.3 is 10.2 Å². The summed E-state index contributed by atoms with van der Waals surface area (Å²) in [5, 5.41) is 4.80. The molecular formula is C47H42F2N4O5S. The Hall–Kier alpha value is -6.24. The monoisotopic (exact) mass is 812 g/mol. The normalized spacial score (nSPS) is 17.3. The minimum Gasteiger partial charge on any atom is -0.350 e. The molecule has 0 spiro atoms. The fraction of sp³-hybridized carbons (Fsp3) is 0.213. The van der Waals surface area contributed by atoms with Gasteiger partial charge in [-0.05, 0) is 77.2 Å². The number of benzene rings is 5. The molecule has 2 fully saturated rings. The maximum Gasteiger partial charge on any atom is 0.290 e. The number of amides is 4. The van der Waals surface area contributed by atoms with Gasteiger partial charge in [0.2, 0.25) is 0 Å². The molecule has 0 unspecified atom stereocenters. The molecule has 0 radical (unpaired) electrons. The van der Waals surface area contributed by atoms with E-state index in [0.29, 0.717) is 30.2 Å². The lowest BCUT2D eigenvalue weighted by Crippen LogP contribution is -2.44. The highest BCUT2D eigenvalue weighted by atomic mass is 32.2. The van der Waals surface area contributed by atoms with Gasteiger partial charge in [-0.3, -0.25) is 34.2 Å². The van der Waals surface area contributed by atoms with E-state index in [2.05, 4.69) is 53.6 Å². The molecule has 7 rings (SSSR count). The van der Waals surface area contributed by atoms with E-state index in [0.717, 1.165) is 35.0 Å². The maximum atomic E-state index is 14.9. The topological polar surface area (TPSA) is 116 Å². The molecule has 0 saturated carbocycles. The fourth-order valence-electron chi connectivity index (χ4n) is 7.76. The van der Waals surface area contributed by atoms with Crippen molar-refractivity contribution >= 4 is 46.6 Å². The van der Waals surface area contributed by atoms with Crippen LogP contribution in [0, 0.1) is 17.6 Å². The summed E-state index contributed by atoms with van der Waals surface area (Å²) in [7, 11) is 0. The second kappa shape index (κ2) is 18.1. The van der Waals surface area contributed by atoms with Gasteiger partial charge in [0.1, 0.15) is 11.6 Å². The third kappa shape index (κ3) is 9.40. The molecule has 2 N–H and O–H groups in total. The van der Waals surface area contributed by atoms with Crippen LogP contribution in [0.25, 0.3) is 6.08 Å². The average molecular weight is 813 g/mol. The highest BCUT2D eigenvalue weighted by molar-refractivity contribution is 8.18. The molecule has 5 aromatic rings. The van der Waals surface area contributed by atoms with E-state index in [1.807, 2.05) is 36.4 Å². The molecule has 4 amide bonds. The van der Waals surface area contributed by atoms with Crippen molar-refractivity contribution in [2.45, 2.75) is 38.4 Å². The third-order valence-electron chi connectivity index (χ3n) is 10.4. The Morgan fingerprint density at radius 1 is 0.831 bits per heavy atom. The van der Waals surface area contributed by atoms with E-state index in [-0.39, 0.29) is 58.6 Å². The second-order valence-corrected chi connectivity index (χ2v) is 16.0. The molecule has 2 heterocycles. The van der Waals surface area contributed by atoms with Crippen LogP contribution in [-0.4, -0.2) is 70.3 Å². The van der Waals surface area contributed by atoms with Crippen LogP contribution in [0.5, 0.6) is 0 Å². The fourth-order valence-corrected chi connectivity index (χ4v) is 8.45. The molecule has 2 atom stereocenters. The molecule has 300 valence electrons. The number of thioether (sulfide) groups is 1. The number of likely N-dealkylation sites (tertiary alicyclic amines) is 1. The quantitative estimate of drug-likeness (QED) is 0.0909. The summed E-state index contributed by atoms with van der Waals surface area (Å²) < 4.78 is 28.7. The van der Waals surface area contributed by atoms with Gasteiger partial charge in [0.05, 0.1) is 28.1 Å². The van der Waals surface area contributed by atoms with Crippen LogP contribution in [0.4, 0.5) is 13.6 Å². The van der Waals surface area contributed by atoms with Crippen molar-refractivity contribution in [3.05, 3.63) is 183 Å². The number of carbonyl (C=O) groups excluding carboxylic acids is 5. The van der Waals surface area contributed by atoms with E-state index < -0.39 is 40.5 Å². The summed E-state index contributed by atoms with van der Waals surface area (Å²) in [5.74, 6) is -3.67. The number of nitrogens with one attached hydrogen (secondary N) is 2. The van der Waals surface area contributed by atoms with Gasteiger partial charge in [-0.25, -0.2) is 8.78 Å². The summed E-state index contributed by atoms with van der Waals surface area (Å²) in [6.45, 7) is 5.35. The number of halogens is 2. The number of ketones is 1. The van der Waals surface area contributed by atoms with E-state index in [9.17, 15) is 32.8 Å². The van der Waals surface area contributed by atoms with E-state index in [1.54, 1.807) is 47.4 Å². The average Bonchev–Trinajstić information content (AvgIpc) is 3.81. The maximum absolute atomic E-state index is 14.9. The van der Waals surface area contributed by atoms with Crippen molar-refractivity contribution in [2.24, 2.45) is 5.92 Å². The van der Waals surface area contributed by atoms with Crippen molar-refractivity contribution in [2.75, 3.05) is 19.6 Å². The molecule has 0 bridgehead atoms. The summed E-state index contributed by atoms with van der Waals surface area (Å²) in [6, 6.07) is 35.0. The van der Waals surface area contributed by atoms with Crippen LogP contribution in [-0.2, 0) is 4.79 Å². The predicted molar refractivity (Wildman–Crippen MR) is 224 cm³/mol. The first kappa shape index (κ1) is 40.9. The lowest BCUT2D eigenvalue weighted by molar-refractivity contribution is -0.115. The van der Waals surface area contributed by atoms with Crippen LogP contribution >= 0.6 is 11.8 Å². The molecule has 0 aliphatic carbocycles. The predicted octanol–water partition coefficient (Wildman–Crippen LogP) is 8.28. The lowest BCUT2D eigenvalue weighted by atomic mass is 9.94. The summed E-state index contributed by atoms with van der Waals surface area (Å²) in [4.78, 5) is 70.2. The number of imide groups is 1. The van der Waals surface area contributed by atoms with Crippen LogP contribution in [0.1, 0.15) is 79.6 Å². The first-order chi connectivity index (χ1) is 28.5. The molecule has 5 aromatic carbocycles. The van der Waals surface area contributed by atoms with Crippen LogP contribution in [0.3, 0.4) is 0 Å². The first-order valence-electron chi connectivity index (χ1n) is 19.3. The van der Waals surface area contributed by atoms with Gasteiger partial charge in [-0.15, -0.1) is 0 Å². The van der Waals surface area contributed by atoms with Gasteiger partial charge in [-0.2, -0.15) is 0 Å².